The van der Waals surface area contributed by atoms with Crippen molar-refractivity contribution in [3.63, 3.8) is 0 Å². The summed E-state index contributed by atoms with van der Waals surface area (Å²) in [6.45, 7) is 6.55. The molecule has 42 heavy (non-hydrogen) atoms. The Morgan fingerprint density at radius 3 is 2.36 bits per heavy atom. The van der Waals surface area contributed by atoms with Crippen molar-refractivity contribution < 1.29 is 43.9 Å². The van der Waals surface area contributed by atoms with Gasteiger partial charge in [0, 0.05) is 31.8 Å². The lowest BCUT2D eigenvalue weighted by atomic mass is 9.42. The molecule has 4 saturated carbocycles. The van der Waals surface area contributed by atoms with E-state index < -0.39 is 47.8 Å². The van der Waals surface area contributed by atoms with Crippen LogP contribution >= 0.6 is 0 Å². The van der Waals surface area contributed by atoms with Crippen molar-refractivity contribution in [3.8, 4) is 0 Å². The summed E-state index contributed by atoms with van der Waals surface area (Å²) >= 11 is 0. The maximum atomic E-state index is 12.5. The summed E-state index contributed by atoms with van der Waals surface area (Å²) in [5.74, 6) is 0.349. The third-order valence-corrected chi connectivity index (χ3v) is 13.2. The lowest BCUT2D eigenvalue weighted by Crippen LogP contribution is -2.68. The first-order valence-electron chi connectivity index (χ1n) is 15.9. The number of esters is 1. The summed E-state index contributed by atoms with van der Waals surface area (Å²) in [5, 5.41) is 37.0. The minimum Gasteiger partial charge on any atom is -0.458 e. The minimum absolute atomic E-state index is 0.0205. The minimum atomic E-state index is -0.983. The number of aliphatic hydroxyl groups excluding tert-OH is 2. The Bertz CT molecular complexity index is 1070. The second kappa shape index (κ2) is 11.1. The number of nitrogens with zero attached hydrogens (tertiary/aromatic N) is 1. The zero-order valence-corrected chi connectivity index (χ0v) is 26.0. The molecule has 4 aliphatic carbocycles. The van der Waals surface area contributed by atoms with E-state index in [0.717, 1.165) is 44.1 Å². The van der Waals surface area contributed by atoms with Gasteiger partial charge in [0.15, 0.2) is 6.23 Å². The van der Waals surface area contributed by atoms with Gasteiger partial charge in [-0.3, -0.25) is 4.84 Å². The summed E-state index contributed by atoms with van der Waals surface area (Å²) in [6, 6.07) is 0.0943. The molecule has 5 fully saturated rings. The normalized spacial score (nSPS) is 52.4. The highest BCUT2D eigenvalue weighted by Crippen LogP contribution is 2.70. The molecule has 10 nitrogen and oxygen atoms in total. The van der Waals surface area contributed by atoms with E-state index in [0.29, 0.717) is 18.8 Å². The molecule has 10 heteroatoms. The standard InChI is InChI=1S/C32H51NO9/c1-17-26(36)27(38-4)28(39-5)29(42-17)33(40-6)20-9-11-30(2)19(14-20)7-8-22-23(30)15-24(34)31(3)21(10-12-32(22,31)37)18-13-25(35)41-16-18/h13,17,19-24,26-29,34,36-37H,7-12,14-16H2,1-6H3/t17-,19-,20-,21-,22-,23+,24-,26-,27+,28-,29-,30+,31+,32+/m1/s1. The van der Waals surface area contributed by atoms with Gasteiger partial charge in [0.25, 0.3) is 0 Å². The van der Waals surface area contributed by atoms with Crippen molar-refractivity contribution in [2.24, 2.45) is 34.5 Å². The number of carbonyl (C=O) groups excluding carboxylic acids is 1. The summed E-state index contributed by atoms with van der Waals surface area (Å²) < 4.78 is 23.0. The third kappa shape index (κ3) is 4.30. The molecule has 0 radical (unpaired) electrons. The predicted molar refractivity (Wildman–Crippen MR) is 152 cm³/mol. The van der Waals surface area contributed by atoms with Crippen LogP contribution in [-0.2, 0) is 28.6 Å². The molecule has 238 valence electrons. The van der Waals surface area contributed by atoms with Crippen LogP contribution in [0.4, 0.5) is 0 Å². The van der Waals surface area contributed by atoms with Crippen LogP contribution in [0.15, 0.2) is 11.6 Å². The first kappa shape index (κ1) is 30.9. The Balaban J connectivity index is 1.22. The van der Waals surface area contributed by atoms with Gasteiger partial charge in [-0.15, -0.1) is 0 Å². The van der Waals surface area contributed by atoms with Gasteiger partial charge >= 0.3 is 5.97 Å². The van der Waals surface area contributed by atoms with Crippen molar-refractivity contribution in [1.82, 2.24) is 5.06 Å². The fourth-order valence-corrected chi connectivity index (χ4v) is 10.8. The van der Waals surface area contributed by atoms with E-state index >= 15 is 0 Å². The Morgan fingerprint density at radius 1 is 0.976 bits per heavy atom. The summed E-state index contributed by atoms with van der Waals surface area (Å²) in [6.07, 6.45) is 4.85. The molecule has 0 unspecified atom stereocenters. The van der Waals surface area contributed by atoms with Gasteiger partial charge in [-0.05, 0) is 93.0 Å². The van der Waals surface area contributed by atoms with Gasteiger partial charge in [-0.25, -0.2) is 4.79 Å². The lowest BCUT2D eigenvalue weighted by molar-refractivity contribution is -0.345. The number of rotatable bonds is 6. The van der Waals surface area contributed by atoms with Crippen molar-refractivity contribution in [2.75, 3.05) is 27.9 Å². The van der Waals surface area contributed by atoms with Crippen LogP contribution in [0.2, 0.25) is 0 Å². The van der Waals surface area contributed by atoms with Gasteiger partial charge in [-0.2, -0.15) is 5.06 Å². The molecule has 1 saturated heterocycles. The number of ether oxygens (including phenoxy) is 4. The van der Waals surface area contributed by atoms with Gasteiger partial charge < -0.3 is 34.3 Å². The van der Waals surface area contributed by atoms with Crippen LogP contribution < -0.4 is 0 Å². The Hall–Kier alpha value is -1.11. The average Bonchev–Trinajstić information content (AvgIpc) is 3.52. The van der Waals surface area contributed by atoms with Crippen LogP contribution in [0, 0.1) is 34.5 Å². The Morgan fingerprint density at radius 2 is 1.71 bits per heavy atom. The van der Waals surface area contributed by atoms with E-state index in [1.54, 1.807) is 27.4 Å². The van der Waals surface area contributed by atoms with Crippen molar-refractivity contribution in [3.05, 3.63) is 11.6 Å². The highest BCUT2D eigenvalue weighted by Gasteiger charge is 2.71. The van der Waals surface area contributed by atoms with Crippen LogP contribution in [0.1, 0.15) is 72.1 Å². The molecule has 0 aromatic carbocycles. The fourth-order valence-electron chi connectivity index (χ4n) is 10.8. The van der Waals surface area contributed by atoms with Crippen molar-refractivity contribution in [2.45, 2.75) is 121 Å². The number of cyclic esters (lactones) is 1. The third-order valence-electron chi connectivity index (χ3n) is 13.2. The second-order valence-corrected chi connectivity index (χ2v) is 14.5. The zero-order chi connectivity index (χ0) is 30.2. The number of aliphatic hydroxyl groups is 3. The maximum Gasteiger partial charge on any atom is 0.331 e. The van der Waals surface area contributed by atoms with Gasteiger partial charge in [0.2, 0.25) is 0 Å². The predicted octanol–water partition coefficient (Wildman–Crippen LogP) is 2.58. The smallest absolute Gasteiger partial charge is 0.331 e. The molecule has 6 rings (SSSR count). The van der Waals surface area contributed by atoms with Crippen LogP contribution in [-0.4, -0.2) is 103 Å². The van der Waals surface area contributed by atoms with Crippen molar-refractivity contribution in [1.29, 1.82) is 0 Å². The van der Waals surface area contributed by atoms with Gasteiger partial charge in [0.05, 0.1) is 24.9 Å². The number of carbonyl (C=O) groups is 1. The first-order valence-corrected chi connectivity index (χ1v) is 15.9. The zero-order valence-electron chi connectivity index (χ0n) is 26.0. The second-order valence-electron chi connectivity index (χ2n) is 14.5. The summed E-state index contributed by atoms with van der Waals surface area (Å²) in [4.78, 5) is 17.9. The van der Waals surface area contributed by atoms with Crippen LogP contribution in [0.25, 0.3) is 0 Å². The molecule has 6 aliphatic rings. The molecule has 0 spiro atoms. The number of fused-ring (bicyclic) bond motifs is 5. The SMILES string of the molecule is CO[C@@H]1[C@@H](OC)[C@H](O)[C@@H](C)O[C@H]1N(OC)[C@@H]1CC[C@@]2(C)[C@H](CC[C@@H]3[C@@H]2C[C@@H](O)[C@]2(C)[C@@H](C4=CC(=O)OC4)CC[C@]32O)C1. The van der Waals surface area contributed by atoms with E-state index in [2.05, 4.69) is 13.8 Å². The number of hydrogen-bond acceptors (Lipinski definition) is 10. The molecule has 0 amide bonds. The number of methoxy groups -OCH3 is 2. The van der Waals surface area contributed by atoms with Crippen LogP contribution in [0.5, 0.6) is 0 Å². The molecule has 2 aliphatic heterocycles. The maximum absolute atomic E-state index is 12.5. The first-order chi connectivity index (χ1) is 19.9. The molecule has 2 heterocycles. The summed E-state index contributed by atoms with van der Waals surface area (Å²) in [7, 11) is 4.86. The van der Waals surface area contributed by atoms with E-state index in [1.165, 1.54) is 0 Å². The van der Waals surface area contributed by atoms with E-state index in [-0.39, 0.29) is 41.8 Å². The molecule has 0 aromatic heterocycles. The lowest BCUT2D eigenvalue weighted by Gasteiger charge is -2.65. The molecule has 0 bridgehead atoms. The van der Waals surface area contributed by atoms with Gasteiger partial charge in [0.1, 0.15) is 24.9 Å². The topological polar surface area (TPSA) is 127 Å². The van der Waals surface area contributed by atoms with E-state index in [4.69, 9.17) is 23.8 Å². The Kier molecular flexibility index (Phi) is 8.13. The molecule has 0 aromatic rings. The molecule has 14 atom stereocenters. The average molecular weight is 594 g/mol. The molecule has 3 N–H and O–H groups in total. The van der Waals surface area contributed by atoms with Crippen LogP contribution in [0.3, 0.4) is 0 Å². The quantitative estimate of drug-likeness (QED) is 0.312. The number of hydrogen-bond donors (Lipinski definition) is 3. The summed E-state index contributed by atoms with van der Waals surface area (Å²) in [5.41, 5.74) is -0.780. The highest BCUT2D eigenvalue weighted by molar-refractivity contribution is 5.85. The highest BCUT2D eigenvalue weighted by atomic mass is 16.7. The fraction of sp³-hybridized carbons (Fsp3) is 0.906. The monoisotopic (exact) mass is 593 g/mol. The molecular formula is C32H51NO9. The van der Waals surface area contributed by atoms with Gasteiger partial charge in [-0.1, -0.05) is 13.8 Å². The largest absolute Gasteiger partial charge is 0.458 e. The Labute approximate surface area is 249 Å². The van der Waals surface area contributed by atoms with Crippen molar-refractivity contribution >= 4 is 5.97 Å². The number of hydroxylamine groups is 2. The van der Waals surface area contributed by atoms with E-state index in [1.807, 2.05) is 12.0 Å². The van der Waals surface area contributed by atoms with E-state index in [9.17, 15) is 20.1 Å². The molecular weight excluding hydrogens is 542 g/mol.